The first-order valence-electron chi connectivity index (χ1n) is 7.43. The Bertz CT molecular complexity index is 509. The van der Waals surface area contributed by atoms with Gasteiger partial charge in [-0.2, -0.15) is 0 Å². The van der Waals surface area contributed by atoms with E-state index in [-0.39, 0.29) is 12.0 Å². The molecule has 2 aliphatic rings. The number of hydrogen-bond acceptors (Lipinski definition) is 3. The molecular weight excluding hydrogens is 252 g/mol. The second-order valence-corrected chi connectivity index (χ2v) is 5.88. The second kappa shape index (κ2) is 5.44. The van der Waals surface area contributed by atoms with Crippen molar-refractivity contribution < 1.29 is 9.53 Å². The molecule has 0 bridgehead atoms. The van der Waals surface area contributed by atoms with E-state index in [1.54, 1.807) is 11.8 Å². The normalized spacial score (nSPS) is 26.1. The Morgan fingerprint density at radius 1 is 1.45 bits per heavy atom. The minimum atomic E-state index is -0.388. The number of ether oxygens (including phenoxy) is 1. The molecule has 1 fully saturated rings. The first-order chi connectivity index (χ1) is 9.65. The van der Waals surface area contributed by atoms with Gasteiger partial charge in [-0.15, -0.1) is 0 Å². The molecule has 2 heterocycles. The fraction of sp³-hybridized carbons (Fsp3) is 0.562. The van der Waals surface area contributed by atoms with Crippen LogP contribution in [0.15, 0.2) is 18.2 Å². The first-order valence-corrected chi connectivity index (χ1v) is 7.43. The lowest BCUT2D eigenvalue weighted by Crippen LogP contribution is -2.42. The van der Waals surface area contributed by atoms with E-state index in [1.165, 1.54) is 18.4 Å². The number of hydrogen-bond donors (Lipinski definition) is 1. The number of likely N-dealkylation sites (N-methyl/N-ethyl adjacent to an activating group) is 1. The van der Waals surface area contributed by atoms with Gasteiger partial charge in [-0.1, -0.05) is 6.07 Å². The third-order valence-electron chi connectivity index (χ3n) is 4.29. The van der Waals surface area contributed by atoms with E-state index >= 15 is 0 Å². The van der Waals surface area contributed by atoms with E-state index in [9.17, 15) is 4.79 Å². The maximum Gasteiger partial charge on any atom is 0.267 e. The van der Waals surface area contributed by atoms with Gasteiger partial charge in [0, 0.05) is 7.05 Å². The second-order valence-electron chi connectivity index (χ2n) is 5.88. The summed E-state index contributed by atoms with van der Waals surface area (Å²) in [5.74, 6) is 1.53. The van der Waals surface area contributed by atoms with Crippen LogP contribution in [0.4, 0.5) is 5.69 Å². The van der Waals surface area contributed by atoms with Crippen molar-refractivity contribution in [1.29, 1.82) is 0 Å². The lowest BCUT2D eigenvalue weighted by Gasteiger charge is -2.31. The van der Waals surface area contributed by atoms with Crippen molar-refractivity contribution in [3.8, 4) is 5.75 Å². The van der Waals surface area contributed by atoms with Gasteiger partial charge in [0.05, 0.1) is 5.69 Å². The van der Waals surface area contributed by atoms with Crippen LogP contribution >= 0.6 is 0 Å². The van der Waals surface area contributed by atoms with Gasteiger partial charge in [-0.05, 0) is 62.9 Å². The largest absolute Gasteiger partial charge is 0.479 e. The van der Waals surface area contributed by atoms with Crippen molar-refractivity contribution in [1.82, 2.24) is 5.32 Å². The molecule has 2 unspecified atom stereocenters. The van der Waals surface area contributed by atoms with Crippen LogP contribution in [0.25, 0.3) is 0 Å². The molecule has 20 heavy (non-hydrogen) atoms. The highest BCUT2D eigenvalue weighted by molar-refractivity contribution is 5.99. The molecule has 4 heteroatoms. The van der Waals surface area contributed by atoms with Gasteiger partial charge in [0.15, 0.2) is 6.10 Å². The third kappa shape index (κ3) is 2.52. The molecule has 1 N–H and O–H groups in total. The van der Waals surface area contributed by atoms with Crippen LogP contribution in [-0.2, 0) is 11.2 Å². The summed E-state index contributed by atoms with van der Waals surface area (Å²) in [4.78, 5) is 13.7. The van der Waals surface area contributed by atoms with Gasteiger partial charge in [0.1, 0.15) is 5.75 Å². The molecule has 4 nitrogen and oxygen atoms in total. The van der Waals surface area contributed by atoms with Gasteiger partial charge in [-0.3, -0.25) is 4.79 Å². The average Bonchev–Trinajstić information content (AvgIpc) is 2.47. The highest BCUT2D eigenvalue weighted by atomic mass is 16.5. The molecule has 1 aromatic carbocycles. The fourth-order valence-electron chi connectivity index (χ4n) is 3.12. The smallest absolute Gasteiger partial charge is 0.267 e. The van der Waals surface area contributed by atoms with Crippen molar-refractivity contribution in [2.45, 2.75) is 32.3 Å². The van der Waals surface area contributed by atoms with Gasteiger partial charge in [0.2, 0.25) is 0 Å². The summed E-state index contributed by atoms with van der Waals surface area (Å²) in [7, 11) is 1.83. The number of amides is 1. The predicted molar refractivity (Wildman–Crippen MR) is 79.2 cm³/mol. The number of carbonyl (C=O) groups excluding carboxylic acids is 1. The molecule has 0 radical (unpaired) electrons. The number of carbonyl (C=O) groups is 1. The zero-order chi connectivity index (χ0) is 14.1. The summed E-state index contributed by atoms with van der Waals surface area (Å²) < 4.78 is 5.66. The van der Waals surface area contributed by atoms with Crippen LogP contribution in [0.1, 0.15) is 25.3 Å². The lowest BCUT2D eigenvalue weighted by atomic mass is 9.92. The molecule has 0 saturated carbocycles. The van der Waals surface area contributed by atoms with Crippen molar-refractivity contribution in [3.63, 3.8) is 0 Å². The predicted octanol–water partition coefficient (Wildman–Crippen LogP) is 1.97. The van der Waals surface area contributed by atoms with Crippen molar-refractivity contribution in [2.24, 2.45) is 5.92 Å². The zero-order valence-electron chi connectivity index (χ0n) is 12.2. The molecule has 108 valence electrons. The topological polar surface area (TPSA) is 41.6 Å². The van der Waals surface area contributed by atoms with Crippen LogP contribution < -0.4 is 15.0 Å². The van der Waals surface area contributed by atoms with Gasteiger partial charge >= 0.3 is 0 Å². The summed E-state index contributed by atoms with van der Waals surface area (Å²) in [6.45, 7) is 4.03. The van der Waals surface area contributed by atoms with E-state index in [4.69, 9.17) is 4.74 Å². The molecule has 1 aromatic rings. The highest BCUT2D eigenvalue weighted by Crippen LogP contribution is 2.34. The van der Waals surface area contributed by atoms with Crippen LogP contribution in [0.3, 0.4) is 0 Å². The molecule has 0 aliphatic carbocycles. The standard InChI is InChI=1S/C16H22N2O2/c1-11-16(19)18(2)14-9-12(5-6-15(14)20-11)8-13-4-3-7-17-10-13/h5-6,9,11,13,17H,3-4,7-8,10H2,1-2H3. The monoisotopic (exact) mass is 274 g/mol. The minimum absolute atomic E-state index is 0.0222. The average molecular weight is 274 g/mol. The molecule has 2 atom stereocenters. The molecule has 0 spiro atoms. The summed E-state index contributed by atoms with van der Waals surface area (Å²) in [5.41, 5.74) is 2.18. The van der Waals surface area contributed by atoms with Crippen molar-refractivity contribution >= 4 is 11.6 Å². The molecule has 1 amide bonds. The quantitative estimate of drug-likeness (QED) is 0.896. The van der Waals surface area contributed by atoms with E-state index < -0.39 is 0 Å². The number of piperidine rings is 1. The number of benzene rings is 1. The Balaban J connectivity index is 1.80. The first kappa shape index (κ1) is 13.4. The van der Waals surface area contributed by atoms with Crippen molar-refractivity contribution in [2.75, 3.05) is 25.0 Å². The fourth-order valence-corrected chi connectivity index (χ4v) is 3.12. The summed E-state index contributed by atoms with van der Waals surface area (Å²) >= 11 is 0. The molecule has 3 rings (SSSR count). The maximum absolute atomic E-state index is 12.0. The summed E-state index contributed by atoms with van der Waals surface area (Å²) in [6.07, 6.45) is 3.22. The van der Waals surface area contributed by atoms with E-state index in [2.05, 4.69) is 17.4 Å². The van der Waals surface area contributed by atoms with Gasteiger partial charge < -0.3 is 15.0 Å². The molecule has 2 aliphatic heterocycles. The molecule has 1 saturated heterocycles. The maximum atomic E-state index is 12.0. The van der Waals surface area contributed by atoms with E-state index in [1.807, 2.05) is 13.1 Å². The Morgan fingerprint density at radius 2 is 2.30 bits per heavy atom. The number of anilines is 1. The zero-order valence-corrected chi connectivity index (χ0v) is 12.2. The Hall–Kier alpha value is -1.55. The Kier molecular flexibility index (Phi) is 3.66. The van der Waals surface area contributed by atoms with E-state index in [0.29, 0.717) is 5.92 Å². The number of nitrogens with one attached hydrogen (secondary N) is 1. The SMILES string of the molecule is CC1Oc2ccc(CC3CCCNC3)cc2N(C)C1=O. The number of nitrogens with zero attached hydrogens (tertiary/aromatic N) is 1. The van der Waals surface area contributed by atoms with Crippen LogP contribution in [0.2, 0.25) is 0 Å². The highest BCUT2D eigenvalue weighted by Gasteiger charge is 2.29. The minimum Gasteiger partial charge on any atom is -0.479 e. The number of fused-ring (bicyclic) bond motifs is 1. The third-order valence-corrected chi connectivity index (χ3v) is 4.29. The van der Waals surface area contributed by atoms with Gasteiger partial charge in [0.25, 0.3) is 5.91 Å². The van der Waals surface area contributed by atoms with Crippen LogP contribution in [-0.4, -0.2) is 32.1 Å². The Labute approximate surface area is 120 Å². The summed E-state index contributed by atoms with van der Waals surface area (Å²) in [5, 5.41) is 3.45. The van der Waals surface area contributed by atoms with Gasteiger partial charge in [-0.25, -0.2) is 0 Å². The lowest BCUT2D eigenvalue weighted by molar-refractivity contribution is -0.125. The van der Waals surface area contributed by atoms with E-state index in [0.717, 1.165) is 30.9 Å². The van der Waals surface area contributed by atoms with Crippen molar-refractivity contribution in [3.05, 3.63) is 23.8 Å². The molecular formula is C16H22N2O2. The molecule has 0 aromatic heterocycles. The Morgan fingerprint density at radius 3 is 3.05 bits per heavy atom. The summed E-state index contributed by atoms with van der Waals surface area (Å²) in [6, 6.07) is 6.23. The van der Waals surface area contributed by atoms with Crippen LogP contribution in [0.5, 0.6) is 5.75 Å². The number of rotatable bonds is 2. The van der Waals surface area contributed by atoms with Crippen LogP contribution in [0, 0.1) is 5.92 Å².